The van der Waals surface area contributed by atoms with Gasteiger partial charge in [0.25, 0.3) is 0 Å². The number of aliphatic hydroxyl groups is 1. The smallest absolute Gasteiger partial charge is 0.351 e. The summed E-state index contributed by atoms with van der Waals surface area (Å²) in [5.41, 5.74) is 5.99. The minimum absolute atomic E-state index is 0.153. The van der Waals surface area contributed by atoms with Gasteiger partial charge in [0.15, 0.2) is 6.10 Å². The van der Waals surface area contributed by atoms with Crippen molar-refractivity contribution in [2.75, 3.05) is 12.3 Å². The molecule has 0 amide bonds. The van der Waals surface area contributed by atoms with Crippen LogP contribution in [-0.4, -0.2) is 27.4 Å². The molecular weight excluding hydrogens is 298 g/mol. The molecule has 1 saturated heterocycles. The van der Waals surface area contributed by atoms with Crippen molar-refractivity contribution in [1.82, 2.24) is 9.55 Å². The van der Waals surface area contributed by atoms with Gasteiger partial charge < -0.3 is 20.3 Å². The Balaban J connectivity index is 1.57. The number of benzene rings is 1. The average molecular weight is 316 g/mol. The van der Waals surface area contributed by atoms with Crippen LogP contribution < -0.4 is 11.4 Å². The third kappa shape index (κ3) is 3.76. The van der Waals surface area contributed by atoms with Gasteiger partial charge in [-0.2, -0.15) is 4.98 Å². The highest BCUT2D eigenvalue weighted by Gasteiger charge is 2.36. The minimum Gasteiger partial charge on any atom is -0.390 e. The summed E-state index contributed by atoms with van der Waals surface area (Å²) < 4.78 is 12.5. The summed E-state index contributed by atoms with van der Waals surface area (Å²) in [5, 5.41) is 10.1. The maximum atomic E-state index is 11.8. The van der Waals surface area contributed by atoms with Crippen LogP contribution >= 0.6 is 0 Å². The second-order valence-electron chi connectivity index (χ2n) is 5.31. The second kappa shape index (κ2) is 6.91. The van der Waals surface area contributed by atoms with E-state index in [1.54, 1.807) is 0 Å². The molecule has 0 bridgehead atoms. The van der Waals surface area contributed by atoms with Crippen LogP contribution in [0.4, 0.5) is 5.82 Å². The summed E-state index contributed by atoms with van der Waals surface area (Å²) in [7, 11) is 0. The molecule has 3 rings (SSSR count). The molecule has 1 aliphatic heterocycles. The predicted molar refractivity (Wildman–Crippen MR) is 83.0 cm³/mol. The predicted octanol–water partition coefficient (Wildman–Crippen LogP) is 0.854. The van der Waals surface area contributed by atoms with E-state index in [0.717, 1.165) is 5.56 Å². The topological polar surface area (TPSA) is 99.6 Å². The third-order valence-corrected chi connectivity index (χ3v) is 3.60. The van der Waals surface area contributed by atoms with Gasteiger partial charge in [-0.15, -0.1) is 0 Å². The summed E-state index contributed by atoms with van der Waals surface area (Å²) in [6, 6.07) is 11.2. The summed E-state index contributed by atoms with van der Waals surface area (Å²) in [6.07, 6.45) is 0.821. The highest BCUT2D eigenvalue weighted by atomic mass is 16.6. The van der Waals surface area contributed by atoms with Crippen molar-refractivity contribution in [2.45, 2.75) is 25.4 Å². The SMILES string of the molecule is Nc1ccn([C@H]2C[C@H](O)[C](COCc3ccccc3)O2)c(=O)n1. The molecule has 1 fully saturated rings. The quantitative estimate of drug-likeness (QED) is 0.848. The van der Waals surface area contributed by atoms with E-state index < -0.39 is 18.0 Å². The van der Waals surface area contributed by atoms with Crippen LogP contribution in [0.25, 0.3) is 0 Å². The molecule has 121 valence electrons. The van der Waals surface area contributed by atoms with Gasteiger partial charge >= 0.3 is 5.69 Å². The molecule has 7 heteroatoms. The summed E-state index contributed by atoms with van der Waals surface area (Å²) in [6.45, 7) is 0.595. The molecule has 2 heterocycles. The Hall–Kier alpha value is -2.22. The molecule has 2 atom stereocenters. The van der Waals surface area contributed by atoms with Crippen molar-refractivity contribution in [3.63, 3.8) is 0 Å². The van der Waals surface area contributed by atoms with Crippen LogP contribution in [0.5, 0.6) is 0 Å². The number of hydrogen-bond donors (Lipinski definition) is 2. The van der Waals surface area contributed by atoms with Crippen LogP contribution in [0.3, 0.4) is 0 Å². The molecule has 1 radical (unpaired) electrons. The zero-order valence-corrected chi connectivity index (χ0v) is 12.5. The lowest BCUT2D eigenvalue weighted by atomic mass is 10.2. The van der Waals surface area contributed by atoms with Crippen molar-refractivity contribution >= 4 is 5.82 Å². The number of hydrogen-bond acceptors (Lipinski definition) is 6. The first-order chi connectivity index (χ1) is 11.1. The lowest BCUT2D eigenvalue weighted by Crippen LogP contribution is -2.27. The fourth-order valence-corrected chi connectivity index (χ4v) is 2.41. The molecular formula is C16H18N3O4. The Labute approximate surface area is 133 Å². The first-order valence-corrected chi connectivity index (χ1v) is 7.30. The van der Waals surface area contributed by atoms with E-state index in [1.165, 1.54) is 16.8 Å². The number of rotatable bonds is 5. The number of aliphatic hydroxyl groups excluding tert-OH is 1. The molecule has 1 aromatic heterocycles. The van der Waals surface area contributed by atoms with E-state index in [9.17, 15) is 9.90 Å². The molecule has 0 unspecified atom stereocenters. The number of nitrogen functional groups attached to an aromatic ring is 1. The van der Waals surface area contributed by atoms with E-state index in [4.69, 9.17) is 15.2 Å². The molecule has 1 aromatic carbocycles. The molecule has 3 N–H and O–H groups in total. The Bertz CT molecular complexity index is 704. The normalized spacial score (nSPS) is 21.6. The van der Waals surface area contributed by atoms with Gasteiger partial charge in [-0.25, -0.2) is 4.79 Å². The standard InChI is InChI=1S/C16H18N3O4/c17-14-6-7-19(16(21)18-14)15-8-12(20)13(23-15)10-22-9-11-4-2-1-3-5-11/h1-7,12,15,20H,8-10H2,(H2,17,18,21)/t12-,15+/m0/s1. The van der Waals surface area contributed by atoms with Gasteiger partial charge in [0, 0.05) is 12.6 Å². The summed E-state index contributed by atoms with van der Waals surface area (Å²) in [4.78, 5) is 15.5. The first kappa shape index (κ1) is 15.7. The molecule has 1 aliphatic rings. The summed E-state index contributed by atoms with van der Waals surface area (Å²) >= 11 is 0. The third-order valence-electron chi connectivity index (χ3n) is 3.60. The van der Waals surface area contributed by atoms with Crippen LogP contribution in [0.2, 0.25) is 0 Å². The average Bonchev–Trinajstić information content (AvgIpc) is 2.89. The second-order valence-corrected chi connectivity index (χ2v) is 5.31. The largest absolute Gasteiger partial charge is 0.390 e. The van der Waals surface area contributed by atoms with Crippen molar-refractivity contribution in [1.29, 1.82) is 0 Å². The molecule has 23 heavy (non-hydrogen) atoms. The van der Waals surface area contributed by atoms with Crippen molar-refractivity contribution in [3.05, 3.63) is 64.7 Å². The maximum absolute atomic E-state index is 11.8. The van der Waals surface area contributed by atoms with Gasteiger partial charge in [-0.05, 0) is 11.6 Å². The van der Waals surface area contributed by atoms with Crippen LogP contribution in [0.15, 0.2) is 47.4 Å². The number of aromatic nitrogens is 2. The zero-order valence-electron chi connectivity index (χ0n) is 12.5. The fourth-order valence-electron chi connectivity index (χ4n) is 2.41. The Morgan fingerprint density at radius 1 is 1.30 bits per heavy atom. The van der Waals surface area contributed by atoms with Gasteiger partial charge in [0.05, 0.1) is 19.3 Å². The van der Waals surface area contributed by atoms with Crippen LogP contribution in [-0.2, 0) is 16.1 Å². The van der Waals surface area contributed by atoms with Crippen LogP contribution in [0, 0.1) is 6.10 Å². The number of anilines is 1. The van der Waals surface area contributed by atoms with E-state index in [1.807, 2.05) is 30.3 Å². The maximum Gasteiger partial charge on any atom is 0.351 e. The number of nitrogens with zero attached hydrogens (tertiary/aromatic N) is 2. The first-order valence-electron chi connectivity index (χ1n) is 7.30. The lowest BCUT2D eigenvalue weighted by molar-refractivity contribution is -0.00256. The molecule has 0 saturated carbocycles. The lowest BCUT2D eigenvalue weighted by Gasteiger charge is -2.15. The van der Waals surface area contributed by atoms with Crippen LogP contribution in [0.1, 0.15) is 18.2 Å². The number of ether oxygens (including phenoxy) is 2. The van der Waals surface area contributed by atoms with Gasteiger partial charge in [0.2, 0.25) is 0 Å². The van der Waals surface area contributed by atoms with E-state index in [2.05, 4.69) is 4.98 Å². The summed E-state index contributed by atoms with van der Waals surface area (Å²) in [5.74, 6) is 0.153. The van der Waals surface area contributed by atoms with Crippen molar-refractivity contribution in [2.24, 2.45) is 0 Å². The highest BCUT2D eigenvalue weighted by Crippen LogP contribution is 2.32. The van der Waals surface area contributed by atoms with Crippen molar-refractivity contribution in [3.8, 4) is 0 Å². The Morgan fingerprint density at radius 2 is 2.09 bits per heavy atom. The highest BCUT2D eigenvalue weighted by molar-refractivity contribution is 5.23. The monoisotopic (exact) mass is 316 g/mol. The molecule has 0 aliphatic carbocycles. The fraction of sp³-hybridized carbons (Fsp3) is 0.312. The Kier molecular flexibility index (Phi) is 4.71. The van der Waals surface area contributed by atoms with Crippen molar-refractivity contribution < 1.29 is 14.6 Å². The molecule has 2 aromatic rings. The van der Waals surface area contributed by atoms with Gasteiger partial charge in [-0.3, -0.25) is 4.57 Å². The molecule has 7 nitrogen and oxygen atoms in total. The number of nitrogens with two attached hydrogens (primary N) is 1. The van der Waals surface area contributed by atoms with Gasteiger partial charge in [0.1, 0.15) is 12.0 Å². The van der Waals surface area contributed by atoms with E-state index in [0.29, 0.717) is 12.7 Å². The van der Waals surface area contributed by atoms with E-state index in [-0.39, 0.29) is 18.8 Å². The van der Waals surface area contributed by atoms with E-state index >= 15 is 0 Å². The Morgan fingerprint density at radius 3 is 2.83 bits per heavy atom. The zero-order chi connectivity index (χ0) is 16.2. The minimum atomic E-state index is -0.778. The molecule has 0 spiro atoms. The van der Waals surface area contributed by atoms with Gasteiger partial charge in [-0.1, -0.05) is 30.3 Å².